The second-order valence-electron chi connectivity index (χ2n) is 4.18. The predicted molar refractivity (Wildman–Crippen MR) is 80.9 cm³/mol. The number of halogens is 2. The fourth-order valence-electron chi connectivity index (χ4n) is 1.58. The van der Waals surface area contributed by atoms with E-state index in [1.165, 1.54) is 6.20 Å². The van der Waals surface area contributed by atoms with Crippen LogP contribution in [0.5, 0.6) is 0 Å². The van der Waals surface area contributed by atoms with Gasteiger partial charge in [0.25, 0.3) is 0 Å². The normalized spacial score (nSPS) is 11.6. The summed E-state index contributed by atoms with van der Waals surface area (Å²) in [6, 6.07) is 5.30. The Morgan fingerprint density at radius 1 is 1.30 bits per heavy atom. The molecule has 1 aromatic heterocycles. The van der Waals surface area contributed by atoms with Crippen LogP contribution in [0, 0.1) is 0 Å². The molecule has 2 aromatic rings. The summed E-state index contributed by atoms with van der Waals surface area (Å²) in [6.45, 7) is 2.05. The summed E-state index contributed by atoms with van der Waals surface area (Å²) in [5.74, 6) is 0.0188. The van der Waals surface area contributed by atoms with Gasteiger partial charge in [0.1, 0.15) is 0 Å². The summed E-state index contributed by atoms with van der Waals surface area (Å²) in [6.07, 6.45) is 3.08. The number of sulfonamides is 1. The molecular weight excluding hydrogens is 321 g/mol. The molecule has 1 aromatic carbocycles. The van der Waals surface area contributed by atoms with Gasteiger partial charge >= 0.3 is 0 Å². The van der Waals surface area contributed by atoms with E-state index in [2.05, 4.69) is 9.82 Å². The quantitative estimate of drug-likeness (QED) is 0.914. The molecule has 0 spiro atoms. The van der Waals surface area contributed by atoms with Gasteiger partial charge in [-0.15, -0.1) is 0 Å². The lowest BCUT2D eigenvalue weighted by Gasteiger charge is -2.04. The monoisotopic (exact) mass is 333 g/mol. The molecule has 0 saturated heterocycles. The van der Waals surface area contributed by atoms with Crippen LogP contribution in [-0.2, 0) is 16.6 Å². The summed E-state index contributed by atoms with van der Waals surface area (Å²) >= 11 is 11.8. The molecule has 8 heteroatoms. The SMILES string of the molecule is CCS(=O)(=O)Nc1cnn(Cc2ccc(Cl)c(Cl)c2)c1. The second kappa shape index (κ2) is 6.03. The molecule has 0 radical (unpaired) electrons. The Morgan fingerprint density at radius 2 is 2.05 bits per heavy atom. The van der Waals surface area contributed by atoms with Gasteiger partial charge in [-0.1, -0.05) is 29.3 Å². The average Bonchev–Trinajstić information content (AvgIpc) is 2.80. The van der Waals surface area contributed by atoms with Gasteiger partial charge in [-0.2, -0.15) is 5.10 Å². The molecule has 0 aliphatic carbocycles. The van der Waals surface area contributed by atoms with Crippen LogP contribution in [0.3, 0.4) is 0 Å². The molecule has 0 saturated carbocycles. The molecule has 1 N–H and O–H groups in total. The smallest absolute Gasteiger partial charge is 0.232 e. The van der Waals surface area contributed by atoms with Crippen molar-refractivity contribution in [1.29, 1.82) is 0 Å². The molecule has 0 bridgehead atoms. The Kier molecular flexibility index (Phi) is 4.57. The van der Waals surface area contributed by atoms with E-state index in [9.17, 15) is 8.42 Å². The minimum Gasteiger partial charge on any atom is -0.280 e. The predicted octanol–water partition coefficient (Wildman–Crippen LogP) is 3.00. The largest absolute Gasteiger partial charge is 0.280 e. The van der Waals surface area contributed by atoms with E-state index < -0.39 is 10.0 Å². The van der Waals surface area contributed by atoms with E-state index in [1.807, 2.05) is 6.07 Å². The molecule has 1 heterocycles. The van der Waals surface area contributed by atoms with Crippen molar-refractivity contribution in [3.63, 3.8) is 0 Å². The van der Waals surface area contributed by atoms with Crippen molar-refractivity contribution in [1.82, 2.24) is 9.78 Å². The lowest BCUT2D eigenvalue weighted by Crippen LogP contribution is -2.14. The summed E-state index contributed by atoms with van der Waals surface area (Å²) in [5, 5.41) is 5.06. The number of nitrogens with zero attached hydrogens (tertiary/aromatic N) is 2. The van der Waals surface area contributed by atoms with E-state index >= 15 is 0 Å². The first-order chi connectivity index (χ1) is 9.39. The highest BCUT2D eigenvalue weighted by atomic mass is 35.5. The van der Waals surface area contributed by atoms with Crippen LogP contribution < -0.4 is 4.72 Å². The third-order valence-electron chi connectivity index (χ3n) is 2.62. The van der Waals surface area contributed by atoms with E-state index in [-0.39, 0.29) is 5.75 Å². The van der Waals surface area contributed by atoms with Crippen LogP contribution in [0.2, 0.25) is 10.0 Å². The zero-order valence-electron chi connectivity index (χ0n) is 10.7. The molecule has 20 heavy (non-hydrogen) atoms. The van der Waals surface area contributed by atoms with Crippen LogP contribution >= 0.6 is 23.2 Å². The van der Waals surface area contributed by atoms with Gasteiger partial charge in [0, 0.05) is 6.20 Å². The number of aromatic nitrogens is 2. The Bertz CT molecular complexity index is 713. The number of benzene rings is 1. The van der Waals surface area contributed by atoms with Gasteiger partial charge in [-0.3, -0.25) is 9.40 Å². The van der Waals surface area contributed by atoms with Crippen molar-refractivity contribution in [3.8, 4) is 0 Å². The molecule has 0 atom stereocenters. The first-order valence-electron chi connectivity index (χ1n) is 5.86. The highest BCUT2D eigenvalue weighted by Crippen LogP contribution is 2.23. The minimum atomic E-state index is -3.29. The third-order valence-corrected chi connectivity index (χ3v) is 4.66. The van der Waals surface area contributed by atoms with E-state index in [0.717, 1.165) is 5.56 Å². The highest BCUT2D eigenvalue weighted by molar-refractivity contribution is 7.92. The lowest BCUT2D eigenvalue weighted by molar-refractivity contribution is 0.602. The Balaban J connectivity index is 2.11. The maximum absolute atomic E-state index is 11.4. The molecule has 0 aliphatic heterocycles. The summed E-state index contributed by atoms with van der Waals surface area (Å²) in [5.41, 5.74) is 1.36. The molecule has 0 aliphatic rings. The first kappa shape index (κ1) is 15.2. The molecule has 5 nitrogen and oxygen atoms in total. The minimum absolute atomic E-state index is 0.0188. The van der Waals surface area contributed by atoms with Crippen molar-refractivity contribution in [3.05, 3.63) is 46.2 Å². The van der Waals surface area contributed by atoms with Gasteiger partial charge < -0.3 is 0 Å². The summed E-state index contributed by atoms with van der Waals surface area (Å²) < 4.78 is 26.9. The average molecular weight is 334 g/mol. The second-order valence-corrected chi connectivity index (χ2v) is 7.01. The third kappa shape index (κ3) is 3.88. The fourth-order valence-corrected chi connectivity index (χ4v) is 2.51. The van der Waals surface area contributed by atoms with E-state index in [1.54, 1.807) is 29.9 Å². The number of hydrogen-bond donors (Lipinski definition) is 1. The first-order valence-corrected chi connectivity index (χ1v) is 8.27. The van der Waals surface area contributed by atoms with Crippen LogP contribution in [0.15, 0.2) is 30.6 Å². The highest BCUT2D eigenvalue weighted by Gasteiger charge is 2.08. The number of nitrogens with one attached hydrogen (secondary N) is 1. The van der Waals surface area contributed by atoms with Crippen molar-refractivity contribution in [2.45, 2.75) is 13.5 Å². The van der Waals surface area contributed by atoms with Gasteiger partial charge in [0.05, 0.1) is 34.2 Å². The van der Waals surface area contributed by atoms with Crippen molar-refractivity contribution >= 4 is 38.9 Å². The van der Waals surface area contributed by atoms with Gasteiger partial charge in [-0.05, 0) is 24.6 Å². The fraction of sp³-hybridized carbons (Fsp3) is 0.250. The molecule has 0 fully saturated rings. The topological polar surface area (TPSA) is 64.0 Å². The molecule has 0 unspecified atom stereocenters. The number of hydrogen-bond acceptors (Lipinski definition) is 3. The Morgan fingerprint density at radius 3 is 2.70 bits per heavy atom. The zero-order valence-corrected chi connectivity index (χ0v) is 13.0. The van der Waals surface area contributed by atoms with E-state index in [4.69, 9.17) is 23.2 Å². The summed E-state index contributed by atoms with van der Waals surface area (Å²) in [7, 11) is -3.29. The van der Waals surface area contributed by atoms with Crippen LogP contribution in [0.4, 0.5) is 5.69 Å². The van der Waals surface area contributed by atoms with Crippen LogP contribution in [0.1, 0.15) is 12.5 Å². The standard InChI is InChI=1S/C12H13Cl2N3O2S/c1-2-20(18,19)16-10-6-15-17(8-10)7-9-3-4-11(13)12(14)5-9/h3-6,8,16H,2,7H2,1H3. The molecule has 0 amide bonds. The van der Waals surface area contributed by atoms with Crippen molar-refractivity contribution in [2.75, 3.05) is 10.5 Å². The molecule has 2 rings (SSSR count). The maximum atomic E-state index is 11.4. The lowest BCUT2D eigenvalue weighted by atomic mass is 10.2. The van der Waals surface area contributed by atoms with Crippen LogP contribution in [-0.4, -0.2) is 24.0 Å². The van der Waals surface area contributed by atoms with Crippen molar-refractivity contribution < 1.29 is 8.42 Å². The molecular formula is C12H13Cl2N3O2S. The van der Waals surface area contributed by atoms with Gasteiger partial charge in [-0.25, -0.2) is 8.42 Å². The number of anilines is 1. The van der Waals surface area contributed by atoms with Crippen molar-refractivity contribution in [2.24, 2.45) is 0 Å². The summed E-state index contributed by atoms with van der Waals surface area (Å²) in [4.78, 5) is 0. The van der Waals surface area contributed by atoms with Gasteiger partial charge in [0.15, 0.2) is 0 Å². The maximum Gasteiger partial charge on any atom is 0.232 e. The van der Waals surface area contributed by atoms with Crippen LogP contribution in [0.25, 0.3) is 0 Å². The zero-order chi connectivity index (χ0) is 14.8. The molecule has 108 valence electrons. The van der Waals surface area contributed by atoms with Gasteiger partial charge in [0.2, 0.25) is 10.0 Å². The Labute approximate surface area is 127 Å². The Hall–Kier alpha value is -1.24. The number of rotatable bonds is 5. The van der Waals surface area contributed by atoms with E-state index in [0.29, 0.717) is 22.3 Å².